The van der Waals surface area contributed by atoms with Gasteiger partial charge in [-0.15, -0.1) is 0 Å². The van der Waals surface area contributed by atoms with Crippen LogP contribution in [0.4, 0.5) is 10.1 Å². The van der Waals surface area contributed by atoms with E-state index in [0.717, 1.165) is 22.3 Å². The summed E-state index contributed by atoms with van der Waals surface area (Å²) in [5, 5.41) is 7.62. The van der Waals surface area contributed by atoms with Gasteiger partial charge in [0.15, 0.2) is 0 Å². The van der Waals surface area contributed by atoms with Gasteiger partial charge in [0, 0.05) is 24.5 Å². The fourth-order valence-electron chi connectivity index (χ4n) is 2.83. The van der Waals surface area contributed by atoms with E-state index in [4.69, 9.17) is 0 Å². The molecule has 4 aromatic rings. The zero-order valence-corrected chi connectivity index (χ0v) is 13.2. The Hall–Kier alpha value is -3.14. The molecule has 0 atom stereocenters. The number of hydrogen-bond acceptors (Lipinski definition) is 2. The third kappa shape index (κ3) is 2.52. The van der Waals surface area contributed by atoms with E-state index in [1.54, 1.807) is 16.6 Å². The van der Waals surface area contributed by atoms with Crippen LogP contribution in [-0.4, -0.2) is 16.7 Å². The average Bonchev–Trinajstić information content (AvgIpc) is 3.05. The third-order valence-corrected chi connectivity index (χ3v) is 4.10. The lowest BCUT2D eigenvalue weighted by Gasteiger charge is -2.05. The summed E-state index contributed by atoms with van der Waals surface area (Å²) in [4.78, 5) is 0. The van der Waals surface area contributed by atoms with Crippen molar-refractivity contribution in [2.45, 2.75) is 0 Å². The Morgan fingerprint density at radius 2 is 1.75 bits per heavy atom. The van der Waals surface area contributed by atoms with Crippen molar-refractivity contribution < 1.29 is 4.39 Å². The number of pyridine rings is 1. The molecule has 24 heavy (non-hydrogen) atoms. The first kappa shape index (κ1) is 14.5. The maximum absolute atomic E-state index is 14.0. The Kier molecular flexibility index (Phi) is 3.50. The van der Waals surface area contributed by atoms with Crippen molar-refractivity contribution in [3.05, 3.63) is 78.7 Å². The molecule has 118 valence electrons. The first-order valence-corrected chi connectivity index (χ1v) is 7.77. The van der Waals surface area contributed by atoms with E-state index in [9.17, 15) is 4.39 Å². The van der Waals surface area contributed by atoms with Gasteiger partial charge in [-0.1, -0.05) is 24.3 Å². The highest BCUT2D eigenvalue weighted by Crippen LogP contribution is 2.27. The third-order valence-electron chi connectivity index (χ3n) is 4.10. The van der Waals surface area contributed by atoms with Crippen molar-refractivity contribution in [1.29, 1.82) is 0 Å². The molecule has 0 saturated heterocycles. The molecule has 2 aromatic carbocycles. The molecule has 0 radical (unpaired) electrons. The molecule has 0 aliphatic rings. The fourth-order valence-corrected chi connectivity index (χ4v) is 2.83. The monoisotopic (exact) mass is 317 g/mol. The van der Waals surface area contributed by atoms with Crippen LogP contribution in [0.15, 0.2) is 72.9 Å². The second kappa shape index (κ2) is 5.81. The van der Waals surface area contributed by atoms with Crippen molar-refractivity contribution in [1.82, 2.24) is 9.61 Å². The summed E-state index contributed by atoms with van der Waals surface area (Å²) in [6.45, 7) is 0. The zero-order valence-electron chi connectivity index (χ0n) is 13.2. The Morgan fingerprint density at radius 3 is 2.58 bits per heavy atom. The molecule has 0 unspecified atom stereocenters. The lowest BCUT2D eigenvalue weighted by atomic mass is 10.1. The van der Waals surface area contributed by atoms with Crippen LogP contribution >= 0.6 is 0 Å². The predicted octanol–water partition coefficient (Wildman–Crippen LogP) is 4.85. The second-order valence-corrected chi connectivity index (χ2v) is 5.63. The Labute approximate surface area is 139 Å². The molecular formula is C20H16FN3. The summed E-state index contributed by atoms with van der Waals surface area (Å²) < 4.78 is 15.7. The summed E-state index contributed by atoms with van der Waals surface area (Å²) in [5.41, 5.74) is 5.36. The maximum Gasteiger partial charge on any atom is 0.132 e. The minimum absolute atomic E-state index is 0.261. The SMILES string of the molecule is CNc1cccc(-c2ccn3nc(-c4ccccc4F)cc3c2)c1. The number of halogens is 1. The van der Waals surface area contributed by atoms with E-state index in [1.165, 1.54) is 6.07 Å². The number of nitrogens with zero attached hydrogens (tertiary/aromatic N) is 2. The van der Waals surface area contributed by atoms with Crippen LogP contribution in [0, 0.1) is 5.82 Å². The van der Waals surface area contributed by atoms with Gasteiger partial charge in [-0.05, 0) is 53.6 Å². The number of hydrogen-bond donors (Lipinski definition) is 1. The van der Waals surface area contributed by atoms with Crippen LogP contribution < -0.4 is 5.32 Å². The number of benzene rings is 2. The van der Waals surface area contributed by atoms with Crippen LogP contribution in [0.3, 0.4) is 0 Å². The molecule has 4 heteroatoms. The van der Waals surface area contributed by atoms with Crippen molar-refractivity contribution in [2.75, 3.05) is 12.4 Å². The van der Waals surface area contributed by atoms with E-state index >= 15 is 0 Å². The highest BCUT2D eigenvalue weighted by Gasteiger charge is 2.09. The molecule has 2 heterocycles. The van der Waals surface area contributed by atoms with Gasteiger partial charge >= 0.3 is 0 Å². The van der Waals surface area contributed by atoms with E-state index in [0.29, 0.717) is 11.3 Å². The molecule has 4 rings (SSSR count). The molecule has 0 bridgehead atoms. The smallest absolute Gasteiger partial charge is 0.132 e. The van der Waals surface area contributed by atoms with Gasteiger partial charge in [-0.2, -0.15) is 5.10 Å². The van der Waals surface area contributed by atoms with Crippen LogP contribution in [0.1, 0.15) is 0 Å². The number of fused-ring (bicyclic) bond motifs is 1. The van der Waals surface area contributed by atoms with E-state index in [2.05, 4.69) is 28.6 Å². The summed E-state index contributed by atoms with van der Waals surface area (Å²) >= 11 is 0. The van der Waals surface area contributed by atoms with Crippen molar-refractivity contribution in [2.24, 2.45) is 0 Å². The Bertz CT molecular complexity index is 1020. The molecule has 2 aromatic heterocycles. The first-order chi connectivity index (χ1) is 11.7. The number of aromatic nitrogens is 2. The molecule has 0 spiro atoms. The zero-order chi connectivity index (χ0) is 16.5. The number of anilines is 1. The molecule has 0 saturated carbocycles. The highest BCUT2D eigenvalue weighted by molar-refractivity contribution is 5.74. The van der Waals surface area contributed by atoms with E-state index in [1.807, 2.05) is 43.6 Å². The van der Waals surface area contributed by atoms with Gasteiger partial charge in [0.05, 0.1) is 11.2 Å². The normalized spacial score (nSPS) is 10.9. The molecule has 1 N–H and O–H groups in total. The minimum Gasteiger partial charge on any atom is -0.388 e. The molecule has 0 aliphatic heterocycles. The fraction of sp³-hybridized carbons (Fsp3) is 0.0500. The topological polar surface area (TPSA) is 29.3 Å². The molecular weight excluding hydrogens is 301 g/mol. The number of nitrogens with one attached hydrogen (secondary N) is 1. The summed E-state index contributed by atoms with van der Waals surface area (Å²) in [6, 6.07) is 20.9. The van der Waals surface area contributed by atoms with E-state index in [-0.39, 0.29) is 5.82 Å². The number of rotatable bonds is 3. The van der Waals surface area contributed by atoms with Gasteiger partial charge < -0.3 is 5.32 Å². The highest BCUT2D eigenvalue weighted by atomic mass is 19.1. The van der Waals surface area contributed by atoms with Gasteiger partial charge in [-0.3, -0.25) is 0 Å². The molecule has 3 nitrogen and oxygen atoms in total. The van der Waals surface area contributed by atoms with Crippen molar-refractivity contribution in [3.8, 4) is 22.4 Å². The van der Waals surface area contributed by atoms with Crippen molar-refractivity contribution >= 4 is 11.2 Å². The summed E-state index contributed by atoms with van der Waals surface area (Å²) in [6.07, 6.45) is 1.90. The summed E-state index contributed by atoms with van der Waals surface area (Å²) in [5.74, 6) is -0.261. The van der Waals surface area contributed by atoms with Gasteiger partial charge in [-0.25, -0.2) is 8.91 Å². The predicted molar refractivity (Wildman–Crippen MR) is 95.6 cm³/mol. The van der Waals surface area contributed by atoms with Crippen LogP contribution in [0.25, 0.3) is 27.9 Å². The van der Waals surface area contributed by atoms with Crippen LogP contribution in [-0.2, 0) is 0 Å². The maximum atomic E-state index is 14.0. The van der Waals surface area contributed by atoms with Gasteiger partial charge in [0.1, 0.15) is 5.82 Å². The quantitative estimate of drug-likeness (QED) is 0.585. The van der Waals surface area contributed by atoms with Gasteiger partial charge in [0.2, 0.25) is 0 Å². The average molecular weight is 317 g/mol. The molecule has 0 aliphatic carbocycles. The standard InChI is InChI=1S/C20H16FN3/c1-22-16-6-4-5-14(11-16)15-9-10-24-17(12-15)13-20(23-24)18-7-2-3-8-19(18)21/h2-13,22H,1H3. The lowest BCUT2D eigenvalue weighted by Crippen LogP contribution is -1.90. The van der Waals surface area contributed by atoms with Gasteiger partial charge in [0.25, 0.3) is 0 Å². The van der Waals surface area contributed by atoms with E-state index < -0.39 is 0 Å². The van der Waals surface area contributed by atoms with Crippen LogP contribution in [0.2, 0.25) is 0 Å². The molecule has 0 amide bonds. The first-order valence-electron chi connectivity index (χ1n) is 7.77. The minimum atomic E-state index is -0.261. The molecule has 0 fully saturated rings. The largest absolute Gasteiger partial charge is 0.388 e. The summed E-state index contributed by atoms with van der Waals surface area (Å²) in [7, 11) is 1.90. The second-order valence-electron chi connectivity index (χ2n) is 5.63. The van der Waals surface area contributed by atoms with Crippen molar-refractivity contribution in [3.63, 3.8) is 0 Å². The van der Waals surface area contributed by atoms with Crippen LogP contribution in [0.5, 0.6) is 0 Å². The Balaban J connectivity index is 1.80. The Morgan fingerprint density at radius 1 is 0.917 bits per heavy atom. The lowest BCUT2D eigenvalue weighted by molar-refractivity contribution is 0.630.